The van der Waals surface area contributed by atoms with Crippen molar-refractivity contribution in [1.29, 1.82) is 10.8 Å². The summed E-state index contributed by atoms with van der Waals surface area (Å²) in [6, 6.07) is 17.7. The molecule has 0 saturated heterocycles. The molecule has 0 unspecified atom stereocenters. The van der Waals surface area contributed by atoms with Crippen molar-refractivity contribution in [3.63, 3.8) is 0 Å². The minimum absolute atomic E-state index is 0.0382. The molecule has 0 aliphatic heterocycles. The van der Waals surface area contributed by atoms with Crippen molar-refractivity contribution in [1.82, 2.24) is 9.38 Å². The fraction of sp³-hybridized carbons (Fsp3) is 0.0833. The zero-order valence-electron chi connectivity index (χ0n) is 17.8. The number of nitrogens with zero attached hydrogens (tertiary/aromatic N) is 2. The minimum atomic E-state index is -0.833. The molecule has 8 nitrogen and oxygen atoms in total. The van der Waals surface area contributed by atoms with Gasteiger partial charge in [-0.25, -0.2) is 4.98 Å². The van der Waals surface area contributed by atoms with Crippen LogP contribution in [0.4, 0.5) is 0 Å². The summed E-state index contributed by atoms with van der Waals surface area (Å²) in [5, 5.41) is 22.6. The summed E-state index contributed by atoms with van der Waals surface area (Å²) in [5.74, 6) is -0.735. The summed E-state index contributed by atoms with van der Waals surface area (Å²) in [5.41, 5.74) is 18.3. The predicted octanol–water partition coefficient (Wildman–Crippen LogP) is 3.64. The highest BCUT2D eigenvalue weighted by Crippen LogP contribution is 2.27. The fourth-order valence-corrected chi connectivity index (χ4v) is 3.26. The van der Waals surface area contributed by atoms with E-state index in [0.29, 0.717) is 11.1 Å². The number of fused-ring (bicyclic) bond motifs is 1. The molecule has 0 aliphatic carbocycles. The van der Waals surface area contributed by atoms with Crippen molar-refractivity contribution in [2.75, 3.05) is 0 Å². The molecular formula is C24H24N6O2. The van der Waals surface area contributed by atoms with Crippen molar-refractivity contribution in [3.8, 4) is 22.4 Å². The van der Waals surface area contributed by atoms with Crippen LogP contribution < -0.4 is 11.5 Å². The number of amidine groups is 2. The van der Waals surface area contributed by atoms with Crippen LogP contribution in [0.1, 0.15) is 23.6 Å². The third-order valence-corrected chi connectivity index (χ3v) is 4.73. The smallest absolute Gasteiger partial charge is 0.300 e. The molecule has 162 valence electrons. The van der Waals surface area contributed by atoms with Gasteiger partial charge in [0.1, 0.15) is 17.3 Å². The first kappa shape index (κ1) is 22.2. The van der Waals surface area contributed by atoms with Crippen LogP contribution in [0.5, 0.6) is 0 Å². The quantitative estimate of drug-likeness (QED) is 0.248. The van der Waals surface area contributed by atoms with Gasteiger partial charge in [0.15, 0.2) is 0 Å². The van der Waals surface area contributed by atoms with Gasteiger partial charge in [0, 0.05) is 36.0 Å². The summed E-state index contributed by atoms with van der Waals surface area (Å²) >= 11 is 0. The van der Waals surface area contributed by atoms with Gasteiger partial charge in [-0.3, -0.25) is 15.6 Å². The molecular weight excluding hydrogens is 404 g/mol. The number of nitrogens with one attached hydrogen (secondary N) is 2. The maximum Gasteiger partial charge on any atom is 0.300 e. The second-order valence-corrected chi connectivity index (χ2v) is 7.27. The second kappa shape index (κ2) is 9.13. The number of aryl methyl sites for hydroxylation is 1. The maximum atomic E-state index is 9.00. The van der Waals surface area contributed by atoms with Crippen molar-refractivity contribution in [3.05, 3.63) is 83.7 Å². The highest BCUT2D eigenvalue weighted by atomic mass is 16.4. The number of imidazole rings is 1. The molecule has 0 amide bonds. The molecule has 0 aliphatic rings. The van der Waals surface area contributed by atoms with Crippen molar-refractivity contribution < 1.29 is 9.90 Å². The predicted molar refractivity (Wildman–Crippen MR) is 126 cm³/mol. The molecule has 0 fully saturated rings. The maximum absolute atomic E-state index is 9.00. The average Bonchev–Trinajstić information content (AvgIpc) is 3.18. The van der Waals surface area contributed by atoms with Gasteiger partial charge in [0.2, 0.25) is 0 Å². The normalized spacial score (nSPS) is 10.3. The van der Waals surface area contributed by atoms with E-state index in [1.165, 1.54) is 0 Å². The van der Waals surface area contributed by atoms with Crippen molar-refractivity contribution in [2.24, 2.45) is 11.5 Å². The third-order valence-electron chi connectivity index (χ3n) is 4.73. The third kappa shape index (κ3) is 4.99. The standard InChI is InChI=1S/C22H20N6.C2H4O2/c1-13-9-18(21(25)26)11-28-12-19(27-22(13)28)17-4-2-3-16(10-17)14-5-7-15(8-6-14)20(23)24;1-2(3)4/h2-12H,1H3,(H3,23,24)(H3,25,26);1H3,(H,3,4). The first-order chi connectivity index (χ1) is 15.2. The van der Waals surface area contributed by atoms with E-state index < -0.39 is 5.97 Å². The first-order valence-corrected chi connectivity index (χ1v) is 9.74. The van der Waals surface area contributed by atoms with E-state index in [1.54, 1.807) is 0 Å². The molecule has 2 aromatic carbocycles. The lowest BCUT2D eigenvalue weighted by Gasteiger charge is -2.05. The second-order valence-electron chi connectivity index (χ2n) is 7.27. The van der Waals surface area contributed by atoms with Gasteiger partial charge in [-0.05, 0) is 35.7 Å². The number of nitrogen functional groups attached to an aromatic ring is 2. The molecule has 0 atom stereocenters. The Hall–Kier alpha value is -4.46. The number of aromatic nitrogens is 2. The van der Waals surface area contributed by atoms with Crippen LogP contribution in [0.25, 0.3) is 28.0 Å². The zero-order valence-corrected chi connectivity index (χ0v) is 17.8. The lowest BCUT2D eigenvalue weighted by molar-refractivity contribution is -0.134. The topological polar surface area (TPSA) is 154 Å². The Morgan fingerprint density at radius 3 is 2.09 bits per heavy atom. The number of carbonyl (C=O) groups is 1. The fourth-order valence-electron chi connectivity index (χ4n) is 3.26. The van der Waals surface area contributed by atoms with Crippen molar-refractivity contribution in [2.45, 2.75) is 13.8 Å². The Balaban J connectivity index is 0.000000668. The van der Waals surface area contributed by atoms with E-state index in [0.717, 1.165) is 40.5 Å². The van der Waals surface area contributed by atoms with Crippen LogP contribution in [-0.4, -0.2) is 32.1 Å². The highest BCUT2D eigenvalue weighted by Gasteiger charge is 2.10. The van der Waals surface area contributed by atoms with Crippen LogP contribution in [0, 0.1) is 17.7 Å². The monoisotopic (exact) mass is 428 g/mol. The lowest BCUT2D eigenvalue weighted by Crippen LogP contribution is -2.12. The number of hydrogen-bond donors (Lipinski definition) is 5. The van der Waals surface area contributed by atoms with Crippen LogP contribution in [0.2, 0.25) is 0 Å². The van der Waals surface area contributed by atoms with E-state index in [1.807, 2.05) is 72.2 Å². The first-order valence-electron chi connectivity index (χ1n) is 9.74. The summed E-state index contributed by atoms with van der Waals surface area (Å²) in [4.78, 5) is 13.8. The molecule has 32 heavy (non-hydrogen) atoms. The lowest BCUT2D eigenvalue weighted by atomic mass is 10.0. The number of pyridine rings is 1. The molecule has 7 N–H and O–H groups in total. The molecule has 0 saturated carbocycles. The van der Waals surface area contributed by atoms with Gasteiger partial charge in [-0.1, -0.05) is 42.5 Å². The molecule has 0 radical (unpaired) electrons. The van der Waals surface area contributed by atoms with Crippen LogP contribution >= 0.6 is 0 Å². The number of carboxylic acids is 1. The van der Waals surface area contributed by atoms with Crippen LogP contribution in [-0.2, 0) is 4.79 Å². The molecule has 0 bridgehead atoms. The van der Waals surface area contributed by atoms with E-state index in [-0.39, 0.29) is 11.7 Å². The Kier molecular flexibility index (Phi) is 6.34. The number of nitrogens with two attached hydrogens (primary N) is 2. The summed E-state index contributed by atoms with van der Waals surface area (Å²) in [7, 11) is 0. The number of aliphatic carboxylic acids is 1. The molecule has 2 aromatic heterocycles. The number of rotatable bonds is 4. The van der Waals surface area contributed by atoms with E-state index in [2.05, 4.69) is 6.07 Å². The SMILES string of the molecule is CC(=O)O.Cc1cc(C(=N)N)cn2cc(-c3cccc(-c4ccc(C(=N)N)cc4)c3)nc12. The highest BCUT2D eigenvalue weighted by molar-refractivity contribution is 5.96. The molecule has 4 rings (SSSR count). The van der Waals surface area contributed by atoms with E-state index in [9.17, 15) is 0 Å². The van der Waals surface area contributed by atoms with Gasteiger partial charge in [-0.2, -0.15) is 0 Å². The van der Waals surface area contributed by atoms with Crippen LogP contribution in [0.3, 0.4) is 0 Å². The van der Waals surface area contributed by atoms with Gasteiger partial charge >= 0.3 is 0 Å². The van der Waals surface area contributed by atoms with E-state index >= 15 is 0 Å². The Bertz CT molecular complexity index is 1320. The molecule has 8 heteroatoms. The average molecular weight is 428 g/mol. The number of hydrogen-bond acceptors (Lipinski definition) is 4. The molecule has 2 heterocycles. The van der Waals surface area contributed by atoms with Gasteiger partial charge in [0.05, 0.1) is 5.69 Å². The molecule has 4 aromatic rings. The minimum Gasteiger partial charge on any atom is -0.481 e. The van der Waals surface area contributed by atoms with Gasteiger partial charge in [0.25, 0.3) is 5.97 Å². The number of carboxylic acid groups (broad SMARTS) is 1. The Morgan fingerprint density at radius 1 is 0.906 bits per heavy atom. The largest absolute Gasteiger partial charge is 0.481 e. The van der Waals surface area contributed by atoms with Gasteiger partial charge in [-0.15, -0.1) is 0 Å². The molecule has 0 spiro atoms. The van der Waals surface area contributed by atoms with E-state index in [4.69, 9.17) is 37.2 Å². The zero-order chi connectivity index (χ0) is 23.4. The summed E-state index contributed by atoms with van der Waals surface area (Å²) < 4.78 is 1.91. The summed E-state index contributed by atoms with van der Waals surface area (Å²) in [6.45, 7) is 3.05. The van der Waals surface area contributed by atoms with Crippen LogP contribution in [0.15, 0.2) is 67.0 Å². The van der Waals surface area contributed by atoms with Crippen molar-refractivity contribution >= 4 is 23.3 Å². The Labute approximate surface area is 185 Å². The van der Waals surface area contributed by atoms with Gasteiger partial charge < -0.3 is 21.0 Å². The Morgan fingerprint density at radius 2 is 1.50 bits per heavy atom. The summed E-state index contributed by atoms with van der Waals surface area (Å²) in [6.07, 6.45) is 3.78. The number of benzene rings is 2.